The minimum absolute atomic E-state index is 0.453. The highest BCUT2D eigenvalue weighted by atomic mass is 16.6. The van der Waals surface area contributed by atoms with Crippen LogP contribution in [0.5, 0.6) is 11.5 Å². The van der Waals surface area contributed by atoms with Crippen LogP contribution in [0.4, 0.5) is 16.3 Å². The molecule has 3 aromatic carbocycles. The maximum atomic E-state index is 13.3. The maximum Gasteiger partial charge on any atom is 0.420 e. The van der Waals surface area contributed by atoms with Gasteiger partial charge in [-0.1, -0.05) is 36.4 Å². The molecule has 8 nitrogen and oxygen atoms in total. The van der Waals surface area contributed by atoms with E-state index in [4.69, 9.17) is 14.2 Å². The van der Waals surface area contributed by atoms with Gasteiger partial charge in [-0.05, 0) is 74.6 Å². The quantitative estimate of drug-likeness (QED) is 0.236. The molecule has 1 heterocycles. The summed E-state index contributed by atoms with van der Waals surface area (Å²) in [5.74, 6) is 1.92. The summed E-state index contributed by atoms with van der Waals surface area (Å²) in [6.45, 7) is 6.36. The molecule has 0 bridgehead atoms. The third kappa shape index (κ3) is 6.46. The van der Waals surface area contributed by atoms with Gasteiger partial charge in [0.05, 0.1) is 25.6 Å². The lowest BCUT2D eigenvalue weighted by Gasteiger charge is -2.26. The van der Waals surface area contributed by atoms with E-state index in [9.17, 15) is 4.79 Å². The summed E-state index contributed by atoms with van der Waals surface area (Å²) in [4.78, 5) is 14.8. The molecule has 1 aliphatic rings. The monoisotopic (exact) mass is 540 g/mol. The second-order valence-corrected chi connectivity index (χ2v) is 10.9. The van der Waals surface area contributed by atoms with Crippen molar-refractivity contribution in [2.75, 3.05) is 19.1 Å². The highest BCUT2D eigenvalue weighted by Gasteiger charge is 2.27. The van der Waals surface area contributed by atoms with Gasteiger partial charge in [-0.25, -0.2) is 9.69 Å². The standard InChI is InChI=1S/C32H36N4O4/c1-32(2,3)40-31(37)36(25-14-6-21(7-15-25)20-33-24-12-13-24)30-19-28(34-35-30)23-10-8-22(9-11-23)27-17-16-26(38-4)18-29(27)39-5/h6-11,14-19,24,33H,12-13,20H2,1-5H3,(H,34,35). The lowest BCUT2D eigenvalue weighted by Crippen LogP contribution is -2.34. The number of nitrogens with one attached hydrogen (secondary N) is 2. The van der Waals surface area contributed by atoms with Crippen LogP contribution in [0.2, 0.25) is 0 Å². The first kappa shape index (κ1) is 27.3. The molecule has 1 saturated carbocycles. The molecule has 0 atom stereocenters. The van der Waals surface area contributed by atoms with E-state index in [0.717, 1.165) is 46.0 Å². The van der Waals surface area contributed by atoms with Crippen LogP contribution in [0.3, 0.4) is 0 Å². The normalized spacial score (nSPS) is 13.1. The van der Waals surface area contributed by atoms with Crippen LogP contribution in [-0.4, -0.2) is 42.2 Å². The number of benzene rings is 3. The van der Waals surface area contributed by atoms with Gasteiger partial charge in [-0.15, -0.1) is 0 Å². The topological polar surface area (TPSA) is 88.7 Å². The fraction of sp³-hybridized carbons (Fsp3) is 0.312. The molecule has 0 spiro atoms. The van der Waals surface area contributed by atoms with Crippen molar-refractivity contribution in [3.8, 4) is 33.9 Å². The molecule has 40 heavy (non-hydrogen) atoms. The van der Waals surface area contributed by atoms with Crippen LogP contribution < -0.4 is 19.7 Å². The van der Waals surface area contributed by atoms with Gasteiger partial charge in [0.15, 0.2) is 5.82 Å². The Morgan fingerprint density at radius 3 is 2.27 bits per heavy atom. The van der Waals surface area contributed by atoms with Gasteiger partial charge in [0, 0.05) is 30.3 Å². The second kappa shape index (κ2) is 11.4. The van der Waals surface area contributed by atoms with Crippen LogP contribution in [0.15, 0.2) is 72.8 Å². The average Bonchev–Trinajstić information content (AvgIpc) is 3.66. The van der Waals surface area contributed by atoms with Gasteiger partial charge in [-0.3, -0.25) is 5.10 Å². The van der Waals surface area contributed by atoms with Gasteiger partial charge < -0.3 is 19.5 Å². The smallest absolute Gasteiger partial charge is 0.420 e. The van der Waals surface area contributed by atoms with E-state index in [1.54, 1.807) is 14.2 Å². The predicted octanol–water partition coefficient (Wildman–Crippen LogP) is 7.09. The summed E-state index contributed by atoms with van der Waals surface area (Å²) in [5.41, 5.74) is 4.88. The number of aromatic nitrogens is 2. The molecule has 1 fully saturated rings. The van der Waals surface area contributed by atoms with E-state index >= 15 is 0 Å². The molecule has 4 aromatic rings. The number of aromatic amines is 1. The highest BCUT2D eigenvalue weighted by molar-refractivity contribution is 5.95. The van der Waals surface area contributed by atoms with E-state index < -0.39 is 11.7 Å². The Hall–Kier alpha value is -4.30. The lowest BCUT2D eigenvalue weighted by molar-refractivity contribution is 0.0598. The SMILES string of the molecule is COc1ccc(-c2ccc(-c3cc(N(C(=O)OC(C)(C)C)c4ccc(CNC5CC5)cc4)n[nH]3)cc2)c(OC)c1. The van der Waals surface area contributed by atoms with Crippen LogP contribution >= 0.6 is 0 Å². The third-order valence-electron chi connectivity index (χ3n) is 6.65. The number of rotatable bonds is 9. The minimum atomic E-state index is -0.652. The van der Waals surface area contributed by atoms with Crippen molar-refractivity contribution in [2.45, 2.75) is 51.8 Å². The minimum Gasteiger partial charge on any atom is -0.497 e. The number of hydrogen-bond acceptors (Lipinski definition) is 6. The van der Waals surface area contributed by atoms with Crippen molar-refractivity contribution in [3.05, 3.63) is 78.4 Å². The molecule has 0 radical (unpaired) electrons. The van der Waals surface area contributed by atoms with Crippen molar-refractivity contribution in [3.63, 3.8) is 0 Å². The summed E-state index contributed by atoms with van der Waals surface area (Å²) < 4.78 is 16.6. The molecule has 5 rings (SSSR count). The summed E-state index contributed by atoms with van der Waals surface area (Å²) in [6.07, 6.45) is 1.99. The second-order valence-electron chi connectivity index (χ2n) is 10.9. The maximum absolute atomic E-state index is 13.3. The number of carbonyl (C=O) groups excluding carboxylic acids is 1. The molecule has 0 unspecified atom stereocenters. The molecule has 1 aromatic heterocycles. The molecular weight excluding hydrogens is 504 g/mol. The number of carbonyl (C=O) groups is 1. The van der Waals surface area contributed by atoms with Crippen molar-refractivity contribution in [1.82, 2.24) is 15.5 Å². The molecular formula is C32H36N4O4. The Labute approximate surface area is 235 Å². The first-order valence-electron chi connectivity index (χ1n) is 13.5. The fourth-order valence-electron chi connectivity index (χ4n) is 4.39. The summed E-state index contributed by atoms with van der Waals surface area (Å²) in [6, 6.07) is 24.2. The van der Waals surface area contributed by atoms with Gasteiger partial charge in [0.2, 0.25) is 0 Å². The lowest BCUT2D eigenvalue weighted by atomic mass is 10.0. The predicted molar refractivity (Wildman–Crippen MR) is 157 cm³/mol. The number of H-pyrrole nitrogens is 1. The summed E-state index contributed by atoms with van der Waals surface area (Å²) >= 11 is 0. The van der Waals surface area contributed by atoms with Gasteiger partial charge in [-0.2, -0.15) is 5.10 Å². The number of nitrogens with zero attached hydrogens (tertiary/aromatic N) is 2. The Morgan fingerprint density at radius 1 is 0.950 bits per heavy atom. The van der Waals surface area contributed by atoms with Crippen LogP contribution in [0.1, 0.15) is 39.2 Å². The zero-order chi connectivity index (χ0) is 28.3. The Kier molecular flexibility index (Phi) is 7.80. The molecule has 8 heteroatoms. The highest BCUT2D eigenvalue weighted by Crippen LogP contribution is 2.35. The molecule has 2 N–H and O–H groups in total. The molecule has 1 aliphatic carbocycles. The van der Waals surface area contributed by atoms with Crippen molar-refractivity contribution < 1.29 is 19.0 Å². The summed E-state index contributed by atoms with van der Waals surface area (Å²) in [7, 11) is 3.28. The molecule has 208 valence electrons. The Balaban J connectivity index is 1.40. The number of hydrogen-bond donors (Lipinski definition) is 2. The first-order valence-corrected chi connectivity index (χ1v) is 13.5. The first-order chi connectivity index (χ1) is 19.2. The number of amides is 1. The van der Waals surface area contributed by atoms with Gasteiger partial charge in [0.25, 0.3) is 0 Å². The van der Waals surface area contributed by atoms with Crippen LogP contribution in [0, 0.1) is 0 Å². The van der Waals surface area contributed by atoms with E-state index in [1.165, 1.54) is 17.7 Å². The van der Waals surface area contributed by atoms with Crippen molar-refractivity contribution in [2.24, 2.45) is 0 Å². The van der Waals surface area contributed by atoms with E-state index in [2.05, 4.69) is 15.5 Å². The van der Waals surface area contributed by atoms with Crippen LogP contribution in [-0.2, 0) is 11.3 Å². The van der Waals surface area contributed by atoms with Gasteiger partial charge >= 0.3 is 6.09 Å². The van der Waals surface area contributed by atoms with Crippen molar-refractivity contribution >= 4 is 17.6 Å². The molecule has 0 saturated heterocycles. The zero-order valence-corrected chi connectivity index (χ0v) is 23.7. The number of ether oxygens (including phenoxy) is 3. The molecule has 0 aliphatic heterocycles. The largest absolute Gasteiger partial charge is 0.497 e. The van der Waals surface area contributed by atoms with E-state index in [0.29, 0.717) is 17.5 Å². The van der Waals surface area contributed by atoms with Crippen molar-refractivity contribution in [1.29, 1.82) is 0 Å². The van der Waals surface area contributed by atoms with E-state index in [-0.39, 0.29) is 0 Å². The zero-order valence-electron chi connectivity index (χ0n) is 23.7. The molecule has 1 amide bonds. The third-order valence-corrected chi connectivity index (χ3v) is 6.65. The Bertz CT molecular complexity index is 1450. The Morgan fingerprint density at radius 2 is 1.65 bits per heavy atom. The van der Waals surface area contributed by atoms with Gasteiger partial charge in [0.1, 0.15) is 17.1 Å². The fourth-order valence-corrected chi connectivity index (χ4v) is 4.39. The number of anilines is 2. The average molecular weight is 541 g/mol. The number of methoxy groups -OCH3 is 2. The van der Waals surface area contributed by atoms with Crippen LogP contribution in [0.25, 0.3) is 22.4 Å². The summed E-state index contributed by atoms with van der Waals surface area (Å²) in [5, 5.41) is 11.1. The van der Waals surface area contributed by atoms with E-state index in [1.807, 2.05) is 93.6 Å².